The van der Waals surface area contributed by atoms with Crippen molar-refractivity contribution in [3.05, 3.63) is 40.3 Å². The molecule has 128 valence electrons. The number of hydrogen-bond acceptors (Lipinski definition) is 2. The predicted molar refractivity (Wildman–Crippen MR) is 96.5 cm³/mol. The molecule has 0 bridgehead atoms. The van der Waals surface area contributed by atoms with Crippen LogP contribution in [0.2, 0.25) is 0 Å². The lowest BCUT2D eigenvalue weighted by atomic mass is 10.0. The van der Waals surface area contributed by atoms with Crippen molar-refractivity contribution >= 4 is 5.91 Å². The van der Waals surface area contributed by atoms with Crippen LogP contribution in [0, 0.1) is 4.91 Å². The van der Waals surface area contributed by atoms with E-state index in [1.165, 1.54) is 56.1 Å². The average molecular weight is 317 g/mol. The van der Waals surface area contributed by atoms with Gasteiger partial charge in [-0.3, -0.25) is 4.79 Å². The lowest BCUT2D eigenvalue weighted by Gasteiger charge is -2.05. The van der Waals surface area contributed by atoms with E-state index in [2.05, 4.69) is 36.4 Å². The summed E-state index contributed by atoms with van der Waals surface area (Å²) >= 11 is 0. The van der Waals surface area contributed by atoms with Gasteiger partial charge in [0, 0.05) is 11.6 Å². The van der Waals surface area contributed by atoms with Gasteiger partial charge < -0.3 is 0 Å². The van der Waals surface area contributed by atoms with Gasteiger partial charge in [0.25, 0.3) is 5.91 Å². The minimum atomic E-state index is -0.524. The summed E-state index contributed by atoms with van der Waals surface area (Å²) in [5.41, 5.74) is 2.79. The van der Waals surface area contributed by atoms with Crippen LogP contribution in [-0.2, 0) is 17.6 Å². The van der Waals surface area contributed by atoms with Gasteiger partial charge in [0.15, 0.2) is 0 Å². The van der Waals surface area contributed by atoms with Gasteiger partial charge in [0.1, 0.15) is 0 Å². The van der Waals surface area contributed by atoms with E-state index >= 15 is 0 Å². The van der Waals surface area contributed by atoms with Crippen LogP contribution in [0.25, 0.3) is 0 Å². The minimum absolute atomic E-state index is 0.292. The number of rotatable bonds is 13. The molecular formula is C20H31NO2. The Morgan fingerprint density at radius 2 is 1.26 bits per heavy atom. The Morgan fingerprint density at radius 3 is 1.78 bits per heavy atom. The molecule has 0 atom stereocenters. The maximum atomic E-state index is 10.8. The molecule has 0 radical (unpaired) electrons. The van der Waals surface area contributed by atoms with Crippen LogP contribution in [0.3, 0.4) is 0 Å². The molecule has 1 aromatic rings. The Kier molecular flexibility index (Phi) is 11.0. The molecule has 0 aliphatic heterocycles. The highest BCUT2D eigenvalue weighted by Crippen LogP contribution is 2.13. The highest BCUT2D eigenvalue weighted by Gasteiger charge is 2.00. The van der Waals surface area contributed by atoms with Crippen molar-refractivity contribution in [3.63, 3.8) is 0 Å². The highest BCUT2D eigenvalue weighted by molar-refractivity contribution is 5.76. The van der Waals surface area contributed by atoms with Gasteiger partial charge in [0.05, 0.1) is 0 Å². The zero-order valence-electron chi connectivity index (χ0n) is 14.6. The fourth-order valence-electron chi connectivity index (χ4n) is 2.81. The number of benzene rings is 1. The first kappa shape index (κ1) is 19.5. The molecule has 1 rings (SSSR count). The number of nitroso groups, excluding NO2 is 1. The molecule has 0 aromatic heterocycles. The van der Waals surface area contributed by atoms with E-state index in [-0.39, 0.29) is 0 Å². The molecule has 0 saturated carbocycles. The number of nitrogens with zero attached hydrogens (tertiary/aromatic N) is 1. The molecule has 0 aliphatic rings. The molecule has 1 aromatic carbocycles. The van der Waals surface area contributed by atoms with E-state index in [0.717, 1.165) is 25.7 Å². The standard InChI is InChI=1S/C20H31NO2/c1-2-3-4-5-6-8-11-18-14-16-19(17-15-18)12-9-7-10-13-20(22)21-23/h14-17H,2-13H2,1H3. The van der Waals surface area contributed by atoms with Crippen LogP contribution in [-0.4, -0.2) is 5.91 Å². The monoisotopic (exact) mass is 317 g/mol. The fraction of sp³-hybridized carbons (Fsp3) is 0.650. The van der Waals surface area contributed by atoms with Crippen molar-refractivity contribution in [2.75, 3.05) is 0 Å². The predicted octanol–water partition coefficient (Wildman–Crippen LogP) is 5.99. The maximum absolute atomic E-state index is 10.8. The number of carbonyl (C=O) groups is 1. The smallest absolute Gasteiger partial charge is 0.269 e. The van der Waals surface area contributed by atoms with Crippen molar-refractivity contribution in [2.24, 2.45) is 5.18 Å². The number of unbranched alkanes of at least 4 members (excludes halogenated alkanes) is 7. The van der Waals surface area contributed by atoms with Gasteiger partial charge in [-0.15, -0.1) is 4.91 Å². The van der Waals surface area contributed by atoms with Gasteiger partial charge in [-0.05, 0) is 43.2 Å². The number of carbonyl (C=O) groups excluding carboxylic acids is 1. The SMILES string of the molecule is CCCCCCCCc1ccc(CCCCCC(=O)N=O)cc1. The van der Waals surface area contributed by atoms with Crippen molar-refractivity contribution in [2.45, 2.75) is 84.0 Å². The van der Waals surface area contributed by atoms with E-state index < -0.39 is 5.91 Å². The van der Waals surface area contributed by atoms with E-state index in [1.54, 1.807) is 0 Å². The third-order valence-electron chi connectivity index (χ3n) is 4.30. The molecule has 0 saturated heterocycles. The topological polar surface area (TPSA) is 46.5 Å². The molecule has 0 unspecified atom stereocenters. The molecule has 3 heteroatoms. The zero-order chi connectivity index (χ0) is 16.8. The zero-order valence-corrected chi connectivity index (χ0v) is 14.6. The number of aryl methyl sites for hydroxylation is 2. The second kappa shape index (κ2) is 13.0. The molecule has 1 amide bonds. The average Bonchev–Trinajstić information content (AvgIpc) is 2.58. The van der Waals surface area contributed by atoms with E-state index in [9.17, 15) is 9.70 Å². The largest absolute Gasteiger partial charge is 0.286 e. The van der Waals surface area contributed by atoms with Gasteiger partial charge in [-0.25, -0.2) is 0 Å². The summed E-state index contributed by atoms with van der Waals surface area (Å²) in [6.45, 7) is 2.25. The first-order chi connectivity index (χ1) is 11.3. The Hall–Kier alpha value is -1.51. The van der Waals surface area contributed by atoms with Crippen molar-refractivity contribution in [1.29, 1.82) is 0 Å². The molecule has 0 fully saturated rings. The fourth-order valence-corrected chi connectivity index (χ4v) is 2.81. The molecule has 0 N–H and O–H groups in total. The van der Waals surface area contributed by atoms with E-state index in [0.29, 0.717) is 6.42 Å². The van der Waals surface area contributed by atoms with Crippen LogP contribution in [0.15, 0.2) is 29.4 Å². The van der Waals surface area contributed by atoms with Crippen LogP contribution < -0.4 is 0 Å². The normalized spacial score (nSPS) is 10.7. The van der Waals surface area contributed by atoms with E-state index in [4.69, 9.17) is 0 Å². The van der Waals surface area contributed by atoms with Gasteiger partial charge in [-0.2, -0.15) is 0 Å². The Balaban J connectivity index is 2.10. The second-order valence-corrected chi connectivity index (χ2v) is 6.38. The number of amides is 1. The first-order valence-corrected chi connectivity index (χ1v) is 9.20. The summed E-state index contributed by atoms with van der Waals surface area (Å²) in [5.74, 6) is -0.524. The first-order valence-electron chi connectivity index (χ1n) is 9.20. The summed E-state index contributed by atoms with van der Waals surface area (Å²) in [5, 5.41) is 2.41. The summed E-state index contributed by atoms with van der Waals surface area (Å²) in [7, 11) is 0. The quantitative estimate of drug-likeness (QED) is 0.331. The molecule has 0 heterocycles. The summed E-state index contributed by atoms with van der Waals surface area (Å²) < 4.78 is 0. The van der Waals surface area contributed by atoms with Crippen molar-refractivity contribution in [3.8, 4) is 0 Å². The van der Waals surface area contributed by atoms with Crippen molar-refractivity contribution < 1.29 is 4.79 Å². The van der Waals surface area contributed by atoms with Crippen LogP contribution in [0.1, 0.15) is 82.3 Å². The van der Waals surface area contributed by atoms with Gasteiger partial charge in [0.2, 0.25) is 0 Å². The minimum Gasteiger partial charge on any atom is -0.269 e. The van der Waals surface area contributed by atoms with Gasteiger partial charge >= 0.3 is 0 Å². The van der Waals surface area contributed by atoms with E-state index in [1.807, 2.05) is 0 Å². The van der Waals surface area contributed by atoms with Crippen LogP contribution in [0.4, 0.5) is 0 Å². The Labute approximate surface area is 140 Å². The highest BCUT2D eigenvalue weighted by atomic mass is 16.3. The van der Waals surface area contributed by atoms with Crippen LogP contribution >= 0.6 is 0 Å². The Bertz CT molecular complexity index is 439. The molecule has 0 aliphatic carbocycles. The third kappa shape index (κ3) is 9.98. The lowest BCUT2D eigenvalue weighted by molar-refractivity contribution is -0.118. The maximum Gasteiger partial charge on any atom is 0.286 e. The van der Waals surface area contributed by atoms with Gasteiger partial charge in [-0.1, -0.05) is 69.7 Å². The Morgan fingerprint density at radius 1 is 0.783 bits per heavy atom. The summed E-state index contributed by atoms with van der Waals surface area (Å²) in [6.07, 6.45) is 13.4. The lowest BCUT2D eigenvalue weighted by Crippen LogP contribution is -1.93. The summed E-state index contributed by atoms with van der Waals surface area (Å²) in [4.78, 5) is 20.7. The van der Waals surface area contributed by atoms with Crippen LogP contribution in [0.5, 0.6) is 0 Å². The molecule has 23 heavy (non-hydrogen) atoms. The van der Waals surface area contributed by atoms with Crippen molar-refractivity contribution in [1.82, 2.24) is 0 Å². The summed E-state index contributed by atoms with van der Waals surface area (Å²) in [6, 6.07) is 8.96. The second-order valence-electron chi connectivity index (χ2n) is 6.38. The molecular weight excluding hydrogens is 286 g/mol. The third-order valence-corrected chi connectivity index (χ3v) is 4.30. The molecule has 3 nitrogen and oxygen atoms in total. The number of hydrogen-bond donors (Lipinski definition) is 0. The molecule has 0 spiro atoms.